The molecule has 1 N–H and O–H groups in total. The summed E-state index contributed by atoms with van der Waals surface area (Å²) in [6, 6.07) is 22.1. The molecule has 4 aromatic rings. The van der Waals surface area contributed by atoms with Gasteiger partial charge in [-0.1, -0.05) is 65.0 Å². The van der Waals surface area contributed by atoms with Crippen LogP contribution in [0.25, 0.3) is 0 Å². The molecular formula is C33H31ClN4O4S2. The zero-order valence-electron chi connectivity index (χ0n) is 24.5. The molecule has 6 rings (SSSR count). The average molecular weight is 647 g/mol. The van der Waals surface area contributed by atoms with Crippen molar-refractivity contribution in [3.05, 3.63) is 103 Å². The molecule has 3 atom stereocenters. The summed E-state index contributed by atoms with van der Waals surface area (Å²) in [6.07, 6.45) is 0. The van der Waals surface area contributed by atoms with Crippen LogP contribution in [0, 0.1) is 12.8 Å². The van der Waals surface area contributed by atoms with Gasteiger partial charge in [0.25, 0.3) is 0 Å². The minimum absolute atomic E-state index is 0.208. The Morgan fingerprint density at radius 3 is 2.27 bits per heavy atom. The molecule has 3 heterocycles. The minimum Gasteiger partial charge on any atom is -0.372 e. The van der Waals surface area contributed by atoms with Crippen molar-refractivity contribution >= 4 is 69.5 Å². The lowest BCUT2D eigenvalue weighted by atomic mass is 9.83. The lowest BCUT2D eigenvalue weighted by Crippen LogP contribution is -2.33. The number of benzene rings is 3. The molecule has 1 aromatic heterocycles. The molecule has 0 radical (unpaired) electrons. The van der Waals surface area contributed by atoms with E-state index in [0.29, 0.717) is 26.3 Å². The Bertz CT molecular complexity index is 1800. The van der Waals surface area contributed by atoms with Crippen molar-refractivity contribution in [1.29, 1.82) is 0 Å². The second-order valence-corrected chi connectivity index (χ2v) is 13.3. The van der Waals surface area contributed by atoms with E-state index in [1.165, 1.54) is 21.2 Å². The first-order valence-corrected chi connectivity index (χ1v) is 16.5. The van der Waals surface area contributed by atoms with Crippen LogP contribution in [0.3, 0.4) is 0 Å². The quantitative estimate of drug-likeness (QED) is 0.231. The first kappa shape index (κ1) is 30.2. The average Bonchev–Trinajstić information content (AvgIpc) is 3.46. The maximum atomic E-state index is 14.1. The number of halogens is 1. The zero-order chi connectivity index (χ0) is 31.1. The van der Waals surface area contributed by atoms with E-state index >= 15 is 0 Å². The van der Waals surface area contributed by atoms with E-state index in [2.05, 4.69) is 24.1 Å². The van der Waals surface area contributed by atoms with Crippen molar-refractivity contribution < 1.29 is 14.4 Å². The minimum atomic E-state index is -0.766. The summed E-state index contributed by atoms with van der Waals surface area (Å²) in [7, 11) is 0. The zero-order valence-corrected chi connectivity index (χ0v) is 26.8. The third kappa shape index (κ3) is 5.35. The molecule has 0 saturated carbocycles. The highest BCUT2D eigenvalue weighted by Crippen LogP contribution is 2.54. The summed E-state index contributed by atoms with van der Waals surface area (Å²) in [5, 5.41) is 3.19. The number of imide groups is 1. The fourth-order valence-electron chi connectivity index (χ4n) is 5.99. The number of para-hydroxylation sites is 1. The van der Waals surface area contributed by atoms with E-state index in [1.54, 1.807) is 24.3 Å². The molecule has 1 fully saturated rings. The van der Waals surface area contributed by atoms with E-state index in [4.69, 9.17) is 11.6 Å². The molecule has 0 spiro atoms. The van der Waals surface area contributed by atoms with E-state index in [1.807, 2.05) is 55.5 Å². The Morgan fingerprint density at radius 2 is 1.61 bits per heavy atom. The third-order valence-electron chi connectivity index (χ3n) is 8.24. The number of thioether (sulfide) groups is 1. The predicted molar refractivity (Wildman–Crippen MR) is 177 cm³/mol. The van der Waals surface area contributed by atoms with Crippen LogP contribution < -0.4 is 20.0 Å². The highest BCUT2D eigenvalue weighted by atomic mass is 35.5. The fourth-order valence-corrected chi connectivity index (χ4v) is 8.89. The number of fused-ring (bicyclic) bond motifs is 2. The summed E-state index contributed by atoms with van der Waals surface area (Å²) in [6.45, 7) is 7.58. The summed E-state index contributed by atoms with van der Waals surface area (Å²) in [5.41, 5.74) is 3.92. The molecule has 0 aliphatic carbocycles. The molecule has 1 saturated heterocycles. The van der Waals surface area contributed by atoms with Gasteiger partial charge in [0.15, 0.2) is 0 Å². The molecule has 2 aliphatic heterocycles. The van der Waals surface area contributed by atoms with Crippen LogP contribution in [0.5, 0.6) is 0 Å². The lowest BCUT2D eigenvalue weighted by Gasteiger charge is -2.31. The fraction of sp³-hybridized carbons (Fsp3) is 0.273. The number of aromatic nitrogens is 1. The van der Waals surface area contributed by atoms with Crippen LogP contribution >= 0.6 is 34.7 Å². The van der Waals surface area contributed by atoms with E-state index < -0.39 is 17.1 Å². The van der Waals surface area contributed by atoms with Gasteiger partial charge in [-0.2, -0.15) is 0 Å². The van der Waals surface area contributed by atoms with Crippen LogP contribution in [0.15, 0.2) is 82.6 Å². The van der Waals surface area contributed by atoms with Crippen LogP contribution in [0.1, 0.15) is 35.8 Å². The monoisotopic (exact) mass is 646 g/mol. The van der Waals surface area contributed by atoms with Gasteiger partial charge in [0.2, 0.25) is 17.7 Å². The van der Waals surface area contributed by atoms with Crippen LogP contribution in [0.2, 0.25) is 5.02 Å². The predicted octanol–water partition coefficient (Wildman–Crippen LogP) is 6.15. The first-order valence-electron chi connectivity index (χ1n) is 14.5. The summed E-state index contributed by atoms with van der Waals surface area (Å²) < 4.78 is 1.44. The van der Waals surface area contributed by atoms with Gasteiger partial charge in [-0.25, -0.2) is 4.90 Å². The SMILES string of the molecule is CCN(CC)c1ccc(C2c3sc(=O)n(CC(=O)Nc4ccccc4C)c3SC3C(=O)N(c4ccc(Cl)cc4)C(=O)C32)cc1. The standard InChI is InChI=1S/C33H31ClN4O4S2/c1-4-36(5-2)22-14-10-20(11-15-22)26-27-28(31(41)38(30(27)40)23-16-12-21(34)13-17-23)43-32-29(26)44-33(42)37(32)18-25(39)35-24-9-7-6-8-19(24)3/h6-17,26-28H,4-5,18H2,1-3H3,(H,35,39). The Kier molecular flexibility index (Phi) is 8.41. The van der Waals surface area contributed by atoms with Crippen molar-refractivity contribution in [2.24, 2.45) is 5.92 Å². The highest BCUT2D eigenvalue weighted by Gasteiger charge is 2.56. The largest absolute Gasteiger partial charge is 0.372 e. The van der Waals surface area contributed by atoms with Gasteiger partial charge in [-0.3, -0.25) is 23.7 Å². The molecule has 3 aromatic carbocycles. The van der Waals surface area contributed by atoms with Crippen molar-refractivity contribution in [1.82, 2.24) is 4.57 Å². The van der Waals surface area contributed by atoms with Crippen LogP contribution in [-0.2, 0) is 20.9 Å². The van der Waals surface area contributed by atoms with Gasteiger partial charge >= 0.3 is 4.87 Å². The van der Waals surface area contributed by atoms with Crippen LogP contribution in [-0.4, -0.2) is 40.6 Å². The molecular weight excluding hydrogens is 616 g/mol. The first-order chi connectivity index (χ1) is 21.2. The molecule has 2 aliphatic rings. The summed E-state index contributed by atoms with van der Waals surface area (Å²) in [4.78, 5) is 58.5. The van der Waals surface area contributed by atoms with Crippen LogP contribution in [0.4, 0.5) is 17.1 Å². The molecule has 11 heteroatoms. The van der Waals surface area contributed by atoms with Gasteiger partial charge in [-0.05, 0) is 74.4 Å². The Hall–Kier alpha value is -3.86. The molecule has 8 nitrogen and oxygen atoms in total. The maximum Gasteiger partial charge on any atom is 0.308 e. The van der Waals surface area contributed by atoms with E-state index in [0.717, 1.165) is 41.2 Å². The molecule has 0 bridgehead atoms. The van der Waals surface area contributed by atoms with Gasteiger partial charge in [-0.15, -0.1) is 0 Å². The van der Waals surface area contributed by atoms with Crippen molar-refractivity contribution in [3.63, 3.8) is 0 Å². The number of amides is 3. The van der Waals surface area contributed by atoms with Crippen molar-refractivity contribution in [2.75, 3.05) is 28.2 Å². The second kappa shape index (κ2) is 12.3. The van der Waals surface area contributed by atoms with E-state index in [-0.39, 0.29) is 29.1 Å². The number of carbonyl (C=O) groups excluding carboxylic acids is 3. The Labute approximate surface area is 268 Å². The van der Waals surface area contributed by atoms with Crippen molar-refractivity contribution in [3.8, 4) is 0 Å². The number of anilines is 3. The number of hydrogen-bond acceptors (Lipinski definition) is 7. The molecule has 226 valence electrons. The van der Waals surface area contributed by atoms with Crippen molar-refractivity contribution in [2.45, 2.75) is 43.5 Å². The Balaban J connectivity index is 1.42. The second-order valence-electron chi connectivity index (χ2n) is 10.8. The molecule has 3 unspecified atom stereocenters. The highest BCUT2D eigenvalue weighted by molar-refractivity contribution is 8.00. The van der Waals surface area contributed by atoms with Gasteiger partial charge in [0.05, 0.1) is 16.6 Å². The maximum absolute atomic E-state index is 14.1. The number of carbonyl (C=O) groups is 3. The van der Waals surface area contributed by atoms with Gasteiger partial charge in [0.1, 0.15) is 11.8 Å². The summed E-state index contributed by atoms with van der Waals surface area (Å²) in [5.74, 6) is -2.27. The lowest BCUT2D eigenvalue weighted by molar-refractivity contribution is -0.122. The number of rotatable bonds is 8. The van der Waals surface area contributed by atoms with Gasteiger partial charge in [0, 0.05) is 40.3 Å². The number of nitrogens with one attached hydrogen (secondary N) is 1. The third-order valence-corrected chi connectivity index (χ3v) is 11.1. The molecule has 3 amide bonds. The number of hydrogen-bond donors (Lipinski definition) is 1. The normalized spacial score (nSPS) is 19.1. The number of nitrogens with zero attached hydrogens (tertiary/aromatic N) is 3. The number of thiazole rings is 1. The van der Waals surface area contributed by atoms with E-state index in [9.17, 15) is 19.2 Å². The molecule has 44 heavy (non-hydrogen) atoms. The smallest absolute Gasteiger partial charge is 0.308 e. The Morgan fingerprint density at radius 1 is 0.932 bits per heavy atom. The number of aryl methyl sites for hydroxylation is 1. The topological polar surface area (TPSA) is 91.7 Å². The van der Waals surface area contributed by atoms with Gasteiger partial charge < -0.3 is 10.2 Å². The summed E-state index contributed by atoms with van der Waals surface area (Å²) >= 11 is 8.33.